The smallest absolute Gasteiger partial charge is 0.350 e. The van der Waals surface area contributed by atoms with Crippen molar-refractivity contribution >= 4 is 11.6 Å². The third kappa shape index (κ3) is 3.69. The number of hydrogen-bond acceptors (Lipinski definition) is 6. The summed E-state index contributed by atoms with van der Waals surface area (Å²) in [6.45, 7) is 4.90. The molecule has 39 heavy (non-hydrogen) atoms. The molecule has 1 aromatic carbocycles. The normalized spacial score (nSPS) is 19.0. The van der Waals surface area contributed by atoms with Crippen molar-refractivity contribution in [2.45, 2.75) is 63.6 Å². The van der Waals surface area contributed by atoms with E-state index in [1.807, 2.05) is 10.7 Å². The van der Waals surface area contributed by atoms with Gasteiger partial charge in [-0.3, -0.25) is 18.9 Å². The summed E-state index contributed by atoms with van der Waals surface area (Å²) in [5.41, 5.74) is 3.25. The molecule has 200 valence electrons. The third-order valence-electron chi connectivity index (χ3n) is 8.32. The van der Waals surface area contributed by atoms with E-state index in [0.29, 0.717) is 30.4 Å². The van der Waals surface area contributed by atoms with Gasteiger partial charge >= 0.3 is 11.7 Å². The number of fused-ring (bicyclic) bond motifs is 7. The number of aromatic nitrogens is 4. The molecular weight excluding hydrogens is 498 g/mol. The van der Waals surface area contributed by atoms with E-state index >= 15 is 0 Å². The van der Waals surface area contributed by atoms with Gasteiger partial charge in [-0.05, 0) is 80.8 Å². The zero-order valence-corrected chi connectivity index (χ0v) is 21.8. The summed E-state index contributed by atoms with van der Waals surface area (Å²) in [5, 5.41) is 16.2. The standard InChI is InChI=1S/C29H29N5O5/c1-29(2)9-8-22-20-14-25(39-12-11-32-28(38)31-10-4-3-5-26(31)30-32)18(17-6-7-17)13-19(20)23-15-24(35)21(27(36)37)16-33(23)34(22)29/h3-5,10,13-17,22H,6-9,11-12H2,1-2H3,(H,36,37)/t22-/m1/s1. The Morgan fingerprint density at radius 2 is 1.95 bits per heavy atom. The maximum Gasteiger partial charge on any atom is 0.350 e. The SMILES string of the molecule is CC1(C)CC[C@@H]2c3cc(OCCn4nc5ccccn5c4=O)c(C4CC4)cc3-c3cc(=O)c(C(=O)O)cn3N21. The number of carbonyl (C=O) groups is 1. The fraction of sp³-hybridized carbons (Fsp3) is 0.379. The van der Waals surface area contributed by atoms with Crippen LogP contribution in [0.25, 0.3) is 16.9 Å². The van der Waals surface area contributed by atoms with Gasteiger partial charge in [0.1, 0.15) is 17.9 Å². The van der Waals surface area contributed by atoms with Crippen molar-refractivity contribution in [3.63, 3.8) is 0 Å². The quantitative estimate of drug-likeness (QED) is 0.408. The first-order valence-electron chi connectivity index (χ1n) is 13.4. The monoisotopic (exact) mass is 527 g/mol. The summed E-state index contributed by atoms with van der Waals surface area (Å²) >= 11 is 0. The number of benzene rings is 1. The van der Waals surface area contributed by atoms with Crippen LogP contribution in [0.3, 0.4) is 0 Å². The van der Waals surface area contributed by atoms with E-state index in [0.717, 1.165) is 48.1 Å². The summed E-state index contributed by atoms with van der Waals surface area (Å²) in [5.74, 6) is -0.0443. The van der Waals surface area contributed by atoms with Gasteiger partial charge in [-0.2, -0.15) is 0 Å². The topological polar surface area (TPSA) is 111 Å². The molecule has 0 radical (unpaired) electrons. The fourth-order valence-electron chi connectivity index (χ4n) is 6.25. The highest BCUT2D eigenvalue weighted by Gasteiger charge is 2.45. The molecule has 7 rings (SSSR count). The van der Waals surface area contributed by atoms with Gasteiger partial charge < -0.3 is 9.84 Å². The van der Waals surface area contributed by atoms with Crippen LogP contribution in [0.4, 0.5) is 0 Å². The molecule has 10 heteroatoms. The highest BCUT2D eigenvalue weighted by Crippen LogP contribution is 2.52. The molecule has 0 unspecified atom stereocenters. The Morgan fingerprint density at radius 1 is 1.13 bits per heavy atom. The molecule has 3 aromatic heterocycles. The number of carboxylic acids is 1. The number of ether oxygens (including phenoxy) is 1. The highest BCUT2D eigenvalue weighted by molar-refractivity contribution is 5.88. The van der Waals surface area contributed by atoms with E-state index in [-0.39, 0.29) is 22.8 Å². The number of carboxylic acid groups (broad SMARTS) is 1. The van der Waals surface area contributed by atoms with Crippen LogP contribution in [-0.2, 0) is 6.54 Å². The van der Waals surface area contributed by atoms with Crippen LogP contribution in [-0.4, -0.2) is 42.1 Å². The molecule has 1 atom stereocenters. The molecule has 1 saturated carbocycles. The number of rotatable bonds is 6. The van der Waals surface area contributed by atoms with Crippen molar-refractivity contribution in [1.29, 1.82) is 0 Å². The summed E-state index contributed by atoms with van der Waals surface area (Å²) in [6.07, 6.45) is 7.13. The summed E-state index contributed by atoms with van der Waals surface area (Å²) in [6, 6.07) is 11.2. The van der Waals surface area contributed by atoms with Crippen molar-refractivity contribution in [2.24, 2.45) is 0 Å². The molecule has 2 aliphatic heterocycles. The van der Waals surface area contributed by atoms with Crippen LogP contribution >= 0.6 is 0 Å². The summed E-state index contributed by atoms with van der Waals surface area (Å²) in [7, 11) is 0. The first-order chi connectivity index (χ1) is 18.7. The van der Waals surface area contributed by atoms with E-state index in [1.54, 1.807) is 18.3 Å². The van der Waals surface area contributed by atoms with Crippen LogP contribution in [0, 0.1) is 0 Å². The zero-order valence-electron chi connectivity index (χ0n) is 21.8. The van der Waals surface area contributed by atoms with Crippen molar-refractivity contribution in [2.75, 3.05) is 11.6 Å². The second kappa shape index (κ2) is 8.33. The number of aromatic carboxylic acids is 1. The van der Waals surface area contributed by atoms with Crippen molar-refractivity contribution in [3.05, 3.63) is 86.2 Å². The maximum absolute atomic E-state index is 12.8. The Kier molecular flexibility index (Phi) is 5.07. The van der Waals surface area contributed by atoms with Gasteiger partial charge in [-0.15, -0.1) is 5.10 Å². The Labute approximate surface area is 223 Å². The Bertz CT molecular complexity index is 1780. The van der Waals surface area contributed by atoms with Crippen LogP contribution in [0.15, 0.2) is 58.4 Å². The van der Waals surface area contributed by atoms with Gasteiger partial charge in [0.25, 0.3) is 0 Å². The summed E-state index contributed by atoms with van der Waals surface area (Å²) in [4.78, 5) is 37.3. The van der Waals surface area contributed by atoms with Crippen LogP contribution in [0.2, 0.25) is 0 Å². The minimum atomic E-state index is -1.22. The molecule has 5 heterocycles. The molecule has 1 saturated heterocycles. The number of hydrogen-bond donors (Lipinski definition) is 1. The molecule has 1 aliphatic carbocycles. The van der Waals surface area contributed by atoms with Gasteiger partial charge in [0.15, 0.2) is 11.1 Å². The maximum atomic E-state index is 12.8. The molecule has 10 nitrogen and oxygen atoms in total. The minimum Gasteiger partial charge on any atom is -0.491 e. The molecule has 4 aromatic rings. The van der Waals surface area contributed by atoms with E-state index in [9.17, 15) is 19.5 Å². The lowest BCUT2D eigenvalue weighted by molar-refractivity contribution is 0.0694. The van der Waals surface area contributed by atoms with Gasteiger partial charge in [-0.25, -0.2) is 14.3 Å². The van der Waals surface area contributed by atoms with Crippen molar-refractivity contribution < 1.29 is 14.6 Å². The highest BCUT2D eigenvalue weighted by atomic mass is 16.5. The second-order valence-electron chi connectivity index (χ2n) is 11.3. The third-order valence-corrected chi connectivity index (χ3v) is 8.32. The van der Waals surface area contributed by atoms with Crippen LogP contribution < -0.4 is 20.9 Å². The average Bonchev–Trinajstić information content (AvgIpc) is 3.64. The Morgan fingerprint density at radius 3 is 2.69 bits per heavy atom. The molecular formula is C29H29N5O5. The van der Waals surface area contributed by atoms with Gasteiger partial charge in [-0.1, -0.05) is 6.07 Å². The van der Waals surface area contributed by atoms with E-state index in [2.05, 4.69) is 36.1 Å². The molecule has 0 bridgehead atoms. The average molecular weight is 528 g/mol. The zero-order chi connectivity index (χ0) is 27.1. The lowest BCUT2D eigenvalue weighted by Gasteiger charge is -2.44. The van der Waals surface area contributed by atoms with E-state index in [4.69, 9.17) is 4.74 Å². The minimum absolute atomic E-state index is 0.0170. The molecule has 2 fully saturated rings. The molecule has 1 N–H and O–H groups in total. The molecule has 3 aliphatic rings. The van der Waals surface area contributed by atoms with Crippen molar-refractivity contribution in [3.8, 4) is 17.0 Å². The lowest BCUT2D eigenvalue weighted by atomic mass is 9.91. The van der Waals surface area contributed by atoms with Gasteiger partial charge in [0.2, 0.25) is 0 Å². The first kappa shape index (κ1) is 23.8. The van der Waals surface area contributed by atoms with E-state index < -0.39 is 11.4 Å². The summed E-state index contributed by atoms with van der Waals surface area (Å²) < 4.78 is 11.2. The van der Waals surface area contributed by atoms with Crippen LogP contribution in [0.1, 0.15) is 73.0 Å². The predicted octanol–water partition coefficient (Wildman–Crippen LogP) is 3.54. The molecule has 0 amide bonds. The molecule has 0 spiro atoms. The van der Waals surface area contributed by atoms with Gasteiger partial charge in [0, 0.05) is 24.0 Å². The first-order valence-corrected chi connectivity index (χ1v) is 13.4. The predicted molar refractivity (Wildman–Crippen MR) is 144 cm³/mol. The second-order valence-corrected chi connectivity index (χ2v) is 11.3. The number of nitrogens with zero attached hydrogens (tertiary/aromatic N) is 5. The fourth-order valence-corrected chi connectivity index (χ4v) is 6.25. The van der Waals surface area contributed by atoms with Gasteiger partial charge in [0.05, 0.1) is 23.8 Å². The van der Waals surface area contributed by atoms with Crippen molar-refractivity contribution in [1.82, 2.24) is 18.9 Å². The van der Waals surface area contributed by atoms with Crippen LogP contribution in [0.5, 0.6) is 5.75 Å². The van der Waals surface area contributed by atoms with E-state index in [1.165, 1.54) is 21.3 Å². The Hall–Kier alpha value is -4.34. The Balaban J connectivity index is 1.29. The number of pyridine rings is 2. The largest absolute Gasteiger partial charge is 0.491 e. The lowest BCUT2D eigenvalue weighted by Crippen LogP contribution is -2.50.